The molecule has 0 unspecified atom stereocenters. The molecule has 0 bridgehead atoms. The lowest BCUT2D eigenvalue weighted by Gasteiger charge is -2.06. The van der Waals surface area contributed by atoms with Gasteiger partial charge in [-0.1, -0.05) is 6.07 Å². The van der Waals surface area contributed by atoms with Gasteiger partial charge in [0.15, 0.2) is 11.5 Å². The SMILES string of the molecule is C[C@H](C(=O)O)c1ccc2c(c1)OCO2. The molecule has 0 aliphatic carbocycles. The molecule has 1 aliphatic rings. The summed E-state index contributed by atoms with van der Waals surface area (Å²) in [4.78, 5) is 10.7. The molecule has 0 radical (unpaired) electrons. The van der Waals surface area contributed by atoms with Crippen molar-refractivity contribution in [2.24, 2.45) is 0 Å². The van der Waals surface area contributed by atoms with Crippen molar-refractivity contribution in [1.82, 2.24) is 0 Å². The Balaban J connectivity index is 2.33. The molecule has 4 nitrogen and oxygen atoms in total. The number of rotatable bonds is 2. The fraction of sp³-hybridized carbons (Fsp3) is 0.300. The molecule has 1 aromatic rings. The Morgan fingerprint density at radius 3 is 2.86 bits per heavy atom. The van der Waals surface area contributed by atoms with E-state index in [-0.39, 0.29) is 6.79 Å². The molecule has 74 valence electrons. The van der Waals surface area contributed by atoms with Crippen molar-refractivity contribution in [1.29, 1.82) is 0 Å². The first kappa shape index (κ1) is 8.87. The summed E-state index contributed by atoms with van der Waals surface area (Å²) in [6.45, 7) is 1.85. The zero-order chi connectivity index (χ0) is 10.1. The van der Waals surface area contributed by atoms with Gasteiger partial charge in [0.2, 0.25) is 6.79 Å². The third-order valence-electron chi connectivity index (χ3n) is 2.27. The first-order valence-corrected chi connectivity index (χ1v) is 4.31. The van der Waals surface area contributed by atoms with E-state index in [1.807, 2.05) is 0 Å². The second-order valence-corrected chi connectivity index (χ2v) is 3.17. The summed E-state index contributed by atoms with van der Waals surface area (Å²) in [5, 5.41) is 8.81. The molecule has 2 rings (SSSR count). The quantitative estimate of drug-likeness (QED) is 0.776. The number of carboxylic acid groups (broad SMARTS) is 1. The molecule has 1 aliphatic heterocycles. The largest absolute Gasteiger partial charge is 0.481 e. The molecule has 4 heteroatoms. The molecule has 1 atom stereocenters. The molecule has 0 fully saturated rings. The first-order chi connectivity index (χ1) is 6.68. The second kappa shape index (κ2) is 3.21. The minimum Gasteiger partial charge on any atom is -0.481 e. The molecule has 1 heterocycles. The highest BCUT2D eigenvalue weighted by Gasteiger charge is 2.18. The van der Waals surface area contributed by atoms with E-state index in [4.69, 9.17) is 14.6 Å². The van der Waals surface area contributed by atoms with Gasteiger partial charge in [-0.15, -0.1) is 0 Å². The van der Waals surface area contributed by atoms with Gasteiger partial charge >= 0.3 is 5.97 Å². The summed E-state index contributed by atoms with van der Waals surface area (Å²) in [5.74, 6) is -0.0738. The van der Waals surface area contributed by atoms with E-state index in [2.05, 4.69) is 0 Å². The highest BCUT2D eigenvalue weighted by atomic mass is 16.7. The molecule has 0 saturated carbocycles. The number of fused-ring (bicyclic) bond motifs is 1. The Hall–Kier alpha value is -1.71. The lowest BCUT2D eigenvalue weighted by atomic mass is 10.0. The van der Waals surface area contributed by atoms with Crippen LogP contribution in [0.25, 0.3) is 0 Å². The van der Waals surface area contributed by atoms with E-state index in [1.165, 1.54) is 0 Å². The Labute approximate surface area is 81.1 Å². The van der Waals surface area contributed by atoms with Crippen LogP contribution in [0.2, 0.25) is 0 Å². The van der Waals surface area contributed by atoms with Crippen LogP contribution in [0.1, 0.15) is 18.4 Å². The summed E-state index contributed by atoms with van der Waals surface area (Å²) in [7, 11) is 0. The summed E-state index contributed by atoms with van der Waals surface area (Å²) >= 11 is 0. The van der Waals surface area contributed by atoms with Crippen molar-refractivity contribution >= 4 is 5.97 Å². The zero-order valence-corrected chi connectivity index (χ0v) is 7.69. The van der Waals surface area contributed by atoms with Gasteiger partial charge in [0.1, 0.15) is 0 Å². The highest BCUT2D eigenvalue weighted by Crippen LogP contribution is 2.34. The number of aliphatic carboxylic acids is 1. The van der Waals surface area contributed by atoms with Crippen LogP contribution in [-0.2, 0) is 4.79 Å². The van der Waals surface area contributed by atoms with Crippen LogP contribution in [0.4, 0.5) is 0 Å². The number of carboxylic acids is 1. The average Bonchev–Trinajstić information content (AvgIpc) is 2.62. The first-order valence-electron chi connectivity index (χ1n) is 4.31. The second-order valence-electron chi connectivity index (χ2n) is 3.17. The topological polar surface area (TPSA) is 55.8 Å². The summed E-state index contributed by atoms with van der Waals surface area (Å²) < 4.78 is 10.3. The predicted molar refractivity (Wildman–Crippen MR) is 48.6 cm³/mol. The summed E-state index contributed by atoms with van der Waals surface area (Å²) in [6.07, 6.45) is 0. The van der Waals surface area contributed by atoms with E-state index in [1.54, 1.807) is 25.1 Å². The Bertz CT molecular complexity index is 372. The fourth-order valence-electron chi connectivity index (χ4n) is 1.33. The number of carbonyl (C=O) groups is 1. The number of benzene rings is 1. The Morgan fingerprint density at radius 1 is 1.43 bits per heavy atom. The van der Waals surface area contributed by atoms with Gasteiger partial charge in [-0.25, -0.2) is 0 Å². The highest BCUT2D eigenvalue weighted by molar-refractivity contribution is 5.75. The number of ether oxygens (including phenoxy) is 2. The van der Waals surface area contributed by atoms with Crippen LogP contribution >= 0.6 is 0 Å². The van der Waals surface area contributed by atoms with Crippen molar-refractivity contribution in [3.05, 3.63) is 23.8 Å². The maximum Gasteiger partial charge on any atom is 0.310 e. The van der Waals surface area contributed by atoms with Crippen molar-refractivity contribution < 1.29 is 19.4 Å². The molecular weight excluding hydrogens is 184 g/mol. The minimum absolute atomic E-state index is 0.209. The molecule has 1 aromatic carbocycles. The molecule has 0 aromatic heterocycles. The monoisotopic (exact) mass is 194 g/mol. The van der Waals surface area contributed by atoms with E-state index >= 15 is 0 Å². The molecule has 0 amide bonds. The van der Waals surface area contributed by atoms with Crippen molar-refractivity contribution in [2.75, 3.05) is 6.79 Å². The number of hydrogen-bond acceptors (Lipinski definition) is 3. The van der Waals surface area contributed by atoms with Crippen molar-refractivity contribution in [3.63, 3.8) is 0 Å². The van der Waals surface area contributed by atoms with E-state index < -0.39 is 11.9 Å². The van der Waals surface area contributed by atoms with Gasteiger partial charge in [0.25, 0.3) is 0 Å². The van der Waals surface area contributed by atoms with E-state index in [9.17, 15) is 4.79 Å². The standard InChI is InChI=1S/C10H10O4/c1-6(10(11)12)7-2-3-8-9(4-7)14-5-13-8/h2-4,6H,5H2,1H3,(H,11,12)/t6-/m0/s1. The zero-order valence-electron chi connectivity index (χ0n) is 7.69. The predicted octanol–water partition coefficient (Wildman–Crippen LogP) is 1.60. The summed E-state index contributed by atoms with van der Waals surface area (Å²) in [6, 6.07) is 5.19. The molecule has 0 saturated heterocycles. The maximum absolute atomic E-state index is 10.7. The van der Waals surface area contributed by atoms with Crippen LogP contribution in [0, 0.1) is 0 Å². The molecular formula is C10H10O4. The van der Waals surface area contributed by atoms with E-state index in [0.29, 0.717) is 11.5 Å². The summed E-state index contributed by atoms with van der Waals surface area (Å²) in [5.41, 5.74) is 0.724. The van der Waals surface area contributed by atoms with Crippen LogP contribution in [-0.4, -0.2) is 17.9 Å². The van der Waals surface area contributed by atoms with Gasteiger partial charge in [-0.3, -0.25) is 4.79 Å². The lowest BCUT2D eigenvalue weighted by Crippen LogP contribution is -2.06. The van der Waals surface area contributed by atoms with E-state index in [0.717, 1.165) is 5.56 Å². The molecule has 0 spiro atoms. The van der Waals surface area contributed by atoms with Crippen LogP contribution in [0.5, 0.6) is 11.5 Å². The normalized spacial score (nSPS) is 15.2. The maximum atomic E-state index is 10.7. The van der Waals surface area contributed by atoms with Crippen molar-refractivity contribution in [3.8, 4) is 11.5 Å². The van der Waals surface area contributed by atoms with Gasteiger partial charge in [0, 0.05) is 0 Å². The average molecular weight is 194 g/mol. The molecule has 14 heavy (non-hydrogen) atoms. The van der Waals surface area contributed by atoms with Crippen LogP contribution in [0.15, 0.2) is 18.2 Å². The van der Waals surface area contributed by atoms with Gasteiger partial charge < -0.3 is 14.6 Å². The van der Waals surface area contributed by atoms with Gasteiger partial charge in [0.05, 0.1) is 5.92 Å². The lowest BCUT2D eigenvalue weighted by molar-refractivity contribution is -0.138. The third-order valence-corrected chi connectivity index (χ3v) is 2.27. The van der Waals surface area contributed by atoms with Gasteiger partial charge in [-0.05, 0) is 24.6 Å². The molecule has 1 N–H and O–H groups in total. The number of hydrogen-bond donors (Lipinski definition) is 1. The van der Waals surface area contributed by atoms with Crippen LogP contribution in [0.3, 0.4) is 0 Å². The third kappa shape index (κ3) is 1.39. The fourth-order valence-corrected chi connectivity index (χ4v) is 1.33. The minimum atomic E-state index is -0.844. The van der Waals surface area contributed by atoms with Crippen LogP contribution < -0.4 is 9.47 Å². The Kier molecular flexibility index (Phi) is 2.04. The van der Waals surface area contributed by atoms with Gasteiger partial charge in [-0.2, -0.15) is 0 Å². The van der Waals surface area contributed by atoms with Crippen molar-refractivity contribution in [2.45, 2.75) is 12.8 Å². The smallest absolute Gasteiger partial charge is 0.310 e. The Morgan fingerprint density at radius 2 is 2.14 bits per heavy atom.